The van der Waals surface area contributed by atoms with Crippen LogP contribution in [-0.4, -0.2) is 70.9 Å². The maximum absolute atomic E-state index is 13.4. The first-order chi connectivity index (χ1) is 13.0. The van der Waals surface area contributed by atoms with E-state index < -0.39 is 0 Å². The van der Waals surface area contributed by atoms with Crippen LogP contribution in [0.4, 0.5) is 5.95 Å². The highest BCUT2D eigenvalue weighted by molar-refractivity contribution is 5.95. The molecule has 0 atom stereocenters. The lowest BCUT2D eigenvalue weighted by atomic mass is 10.0. The van der Waals surface area contributed by atoms with Gasteiger partial charge in [0.2, 0.25) is 5.95 Å². The van der Waals surface area contributed by atoms with Crippen molar-refractivity contribution in [2.24, 2.45) is 0 Å². The van der Waals surface area contributed by atoms with E-state index in [9.17, 15) is 4.79 Å². The van der Waals surface area contributed by atoms with E-state index in [-0.39, 0.29) is 11.9 Å². The molecule has 1 saturated heterocycles. The highest BCUT2D eigenvalue weighted by Gasteiger charge is 2.29. The van der Waals surface area contributed by atoms with Crippen LogP contribution in [-0.2, 0) is 6.54 Å². The lowest BCUT2D eigenvalue weighted by molar-refractivity contribution is 0.0568. The number of likely N-dealkylation sites (tertiary alicyclic amines) is 1. The van der Waals surface area contributed by atoms with E-state index in [2.05, 4.69) is 26.9 Å². The third-order valence-corrected chi connectivity index (χ3v) is 5.09. The number of carbonyl (C=O) groups excluding carboxylic acids is 1. The quantitative estimate of drug-likeness (QED) is 0.804. The summed E-state index contributed by atoms with van der Waals surface area (Å²) in [6.07, 6.45) is 7.15. The average Bonchev–Trinajstić information content (AvgIpc) is 2.67. The molecule has 0 N–H and O–H groups in total. The van der Waals surface area contributed by atoms with Crippen LogP contribution in [0, 0.1) is 6.92 Å². The van der Waals surface area contributed by atoms with Crippen LogP contribution in [0.1, 0.15) is 34.5 Å². The summed E-state index contributed by atoms with van der Waals surface area (Å²) in [5.74, 6) is 0.619. The van der Waals surface area contributed by atoms with Crippen molar-refractivity contribution < 1.29 is 4.79 Å². The molecule has 2 aromatic rings. The second-order valence-corrected chi connectivity index (χ2v) is 7.39. The molecule has 0 aromatic carbocycles. The molecule has 1 aliphatic heterocycles. The van der Waals surface area contributed by atoms with Gasteiger partial charge in [0.25, 0.3) is 5.91 Å². The summed E-state index contributed by atoms with van der Waals surface area (Å²) < 4.78 is 0. The van der Waals surface area contributed by atoms with Crippen molar-refractivity contribution >= 4 is 11.9 Å². The number of hydrogen-bond acceptors (Lipinski definition) is 6. The zero-order valence-electron chi connectivity index (χ0n) is 16.6. The van der Waals surface area contributed by atoms with Crippen LogP contribution in [0.5, 0.6) is 0 Å². The molecule has 7 heteroatoms. The van der Waals surface area contributed by atoms with Gasteiger partial charge in [-0.05, 0) is 57.6 Å². The first kappa shape index (κ1) is 19.2. The first-order valence-corrected chi connectivity index (χ1v) is 9.35. The Labute approximate surface area is 161 Å². The van der Waals surface area contributed by atoms with Gasteiger partial charge in [0.15, 0.2) is 0 Å². The molecule has 7 nitrogen and oxygen atoms in total. The van der Waals surface area contributed by atoms with Crippen molar-refractivity contribution in [3.05, 3.63) is 47.5 Å². The summed E-state index contributed by atoms with van der Waals surface area (Å²) in [5, 5.41) is 0. The Balaban J connectivity index is 1.88. The molecule has 1 aliphatic rings. The van der Waals surface area contributed by atoms with Crippen molar-refractivity contribution in [3.63, 3.8) is 0 Å². The minimum Gasteiger partial charge on any atom is -0.347 e. The van der Waals surface area contributed by atoms with Gasteiger partial charge in [0, 0.05) is 45.3 Å². The minimum atomic E-state index is 0.00386. The van der Waals surface area contributed by atoms with Crippen LogP contribution in [0.15, 0.2) is 30.7 Å². The molecular formula is C20H28N6O. The zero-order valence-corrected chi connectivity index (χ0v) is 16.6. The van der Waals surface area contributed by atoms with E-state index in [4.69, 9.17) is 0 Å². The van der Waals surface area contributed by atoms with Gasteiger partial charge in [-0.15, -0.1) is 0 Å². The van der Waals surface area contributed by atoms with Crippen LogP contribution in [0.3, 0.4) is 0 Å². The molecule has 0 saturated carbocycles. The molecule has 0 unspecified atom stereocenters. The predicted molar refractivity (Wildman–Crippen MR) is 106 cm³/mol. The number of aryl methyl sites for hydroxylation is 1. The van der Waals surface area contributed by atoms with Gasteiger partial charge in [0.05, 0.1) is 11.3 Å². The zero-order chi connectivity index (χ0) is 19.4. The summed E-state index contributed by atoms with van der Waals surface area (Å²) in [6, 6.07) is 4.15. The summed E-state index contributed by atoms with van der Waals surface area (Å²) in [6.45, 7) is 4.45. The van der Waals surface area contributed by atoms with E-state index in [1.165, 1.54) is 0 Å². The van der Waals surface area contributed by atoms with Crippen LogP contribution >= 0.6 is 0 Å². The number of carbonyl (C=O) groups is 1. The van der Waals surface area contributed by atoms with Crippen molar-refractivity contribution in [1.82, 2.24) is 24.8 Å². The average molecular weight is 368 g/mol. The molecule has 3 rings (SSSR count). The molecule has 1 fully saturated rings. The molecule has 1 amide bonds. The largest absolute Gasteiger partial charge is 0.347 e. The Kier molecular flexibility index (Phi) is 6.01. The number of pyridine rings is 1. The number of piperidine rings is 1. The fraction of sp³-hybridized carbons (Fsp3) is 0.500. The monoisotopic (exact) mass is 368 g/mol. The number of amides is 1. The lowest BCUT2D eigenvalue weighted by Crippen LogP contribution is -2.46. The van der Waals surface area contributed by atoms with Gasteiger partial charge >= 0.3 is 0 Å². The van der Waals surface area contributed by atoms with Crippen molar-refractivity contribution in [1.29, 1.82) is 0 Å². The van der Waals surface area contributed by atoms with Crippen LogP contribution < -0.4 is 4.90 Å². The standard InChI is InChI=1S/C20H28N6O/c1-15-18(13-22-20(23-15)24(2)3)19(27)26(14-16-5-9-21-10-6-16)17-7-11-25(4)12-8-17/h5-6,9-10,13,17H,7-8,11-12,14H2,1-4H3. The minimum absolute atomic E-state index is 0.00386. The smallest absolute Gasteiger partial charge is 0.257 e. The van der Waals surface area contributed by atoms with Gasteiger partial charge in [0.1, 0.15) is 0 Å². The molecule has 0 spiro atoms. The Morgan fingerprint density at radius 1 is 1.22 bits per heavy atom. The molecular weight excluding hydrogens is 340 g/mol. The topological polar surface area (TPSA) is 65.5 Å². The molecule has 2 aromatic heterocycles. The maximum atomic E-state index is 13.4. The fourth-order valence-electron chi connectivity index (χ4n) is 3.39. The lowest BCUT2D eigenvalue weighted by Gasteiger charge is -2.37. The molecule has 3 heterocycles. The Morgan fingerprint density at radius 3 is 2.48 bits per heavy atom. The van der Waals surface area contributed by atoms with Gasteiger partial charge in [-0.3, -0.25) is 9.78 Å². The summed E-state index contributed by atoms with van der Waals surface area (Å²) >= 11 is 0. The Morgan fingerprint density at radius 2 is 1.89 bits per heavy atom. The van der Waals surface area contributed by atoms with Crippen LogP contribution in [0.25, 0.3) is 0 Å². The van der Waals surface area contributed by atoms with Gasteiger partial charge in [-0.1, -0.05) is 0 Å². The second-order valence-electron chi connectivity index (χ2n) is 7.39. The fourth-order valence-corrected chi connectivity index (χ4v) is 3.39. The maximum Gasteiger partial charge on any atom is 0.257 e. The van der Waals surface area contributed by atoms with Crippen molar-refractivity contribution in [3.8, 4) is 0 Å². The molecule has 0 radical (unpaired) electrons. The van der Waals surface area contributed by atoms with E-state index in [1.807, 2.05) is 43.0 Å². The van der Waals surface area contributed by atoms with E-state index >= 15 is 0 Å². The normalized spacial score (nSPS) is 15.6. The van der Waals surface area contributed by atoms with Gasteiger partial charge in [-0.2, -0.15) is 0 Å². The summed E-state index contributed by atoms with van der Waals surface area (Å²) in [7, 11) is 5.91. The molecule has 0 bridgehead atoms. The molecule has 0 aliphatic carbocycles. The predicted octanol–water partition coefficient (Wildman–Crippen LogP) is 1.98. The molecule has 144 valence electrons. The van der Waals surface area contributed by atoms with E-state index in [1.54, 1.807) is 18.6 Å². The number of aromatic nitrogens is 3. The Hall–Kier alpha value is -2.54. The SMILES string of the molecule is Cc1nc(N(C)C)ncc1C(=O)N(Cc1ccncc1)C1CCN(C)CC1. The summed E-state index contributed by atoms with van der Waals surface area (Å²) in [4.78, 5) is 32.5. The summed E-state index contributed by atoms with van der Waals surface area (Å²) in [5.41, 5.74) is 2.38. The second kappa shape index (κ2) is 8.43. The van der Waals surface area contributed by atoms with E-state index in [0.29, 0.717) is 23.8 Å². The number of rotatable bonds is 5. The van der Waals surface area contributed by atoms with Crippen molar-refractivity contribution in [2.45, 2.75) is 32.4 Å². The third kappa shape index (κ3) is 4.60. The van der Waals surface area contributed by atoms with Gasteiger partial charge < -0.3 is 14.7 Å². The van der Waals surface area contributed by atoms with Gasteiger partial charge in [-0.25, -0.2) is 9.97 Å². The van der Waals surface area contributed by atoms with Crippen molar-refractivity contribution in [2.75, 3.05) is 39.1 Å². The molecule has 27 heavy (non-hydrogen) atoms. The number of hydrogen-bond donors (Lipinski definition) is 0. The number of nitrogens with zero attached hydrogens (tertiary/aromatic N) is 6. The first-order valence-electron chi connectivity index (χ1n) is 9.35. The number of anilines is 1. The van der Waals surface area contributed by atoms with Crippen LogP contribution in [0.2, 0.25) is 0 Å². The highest BCUT2D eigenvalue weighted by Crippen LogP contribution is 2.22. The Bertz CT molecular complexity index is 771. The third-order valence-electron chi connectivity index (χ3n) is 5.09. The van der Waals surface area contributed by atoms with E-state index in [0.717, 1.165) is 31.5 Å². The highest BCUT2D eigenvalue weighted by atomic mass is 16.2.